The quantitative estimate of drug-likeness (QED) is 0.712. The number of hydrogen-bond donors (Lipinski definition) is 0. The molecule has 0 N–H and O–H groups in total. The maximum Gasteiger partial charge on any atom is 0.120 e. The summed E-state index contributed by atoms with van der Waals surface area (Å²) in [6.45, 7) is 2.29. The van der Waals surface area contributed by atoms with Crippen molar-refractivity contribution in [1.82, 2.24) is 4.57 Å². The van der Waals surface area contributed by atoms with Crippen LogP contribution in [-0.2, 0) is 17.3 Å². The normalized spacial score (nSPS) is 19.2. The smallest absolute Gasteiger partial charge is 0.120 e. The molecule has 118 valence electrons. The van der Waals surface area contributed by atoms with Gasteiger partial charge in [-0.15, -0.1) is 0 Å². The molecule has 0 amide bonds. The van der Waals surface area contributed by atoms with Crippen LogP contribution in [0.4, 0.5) is 0 Å². The van der Waals surface area contributed by atoms with Crippen molar-refractivity contribution in [3.8, 4) is 0 Å². The summed E-state index contributed by atoms with van der Waals surface area (Å²) in [7, 11) is 2.10. The van der Waals surface area contributed by atoms with E-state index in [0.29, 0.717) is 6.42 Å². The van der Waals surface area contributed by atoms with Crippen molar-refractivity contribution < 1.29 is 4.79 Å². The van der Waals surface area contributed by atoms with Crippen molar-refractivity contribution in [3.05, 3.63) is 36.0 Å². The molecule has 0 bridgehead atoms. The average Bonchev–Trinajstić information content (AvgIpc) is 2.87. The van der Waals surface area contributed by atoms with Crippen LogP contribution in [0.15, 0.2) is 30.5 Å². The number of aromatic nitrogens is 1. The molecule has 1 fully saturated rings. The lowest BCUT2D eigenvalue weighted by atomic mass is 9.70. The molecule has 1 aliphatic carbocycles. The fraction of sp³-hybridized carbons (Fsp3) is 0.550. The number of rotatable bonds is 5. The summed E-state index contributed by atoms with van der Waals surface area (Å²) in [4.78, 5) is 11.4. The predicted octanol–water partition coefficient (Wildman–Crippen LogP) is 5.00. The monoisotopic (exact) mass is 297 g/mol. The van der Waals surface area contributed by atoms with Gasteiger partial charge in [0.15, 0.2) is 0 Å². The molecular formula is C20H27NO. The lowest BCUT2D eigenvalue weighted by Gasteiger charge is -2.34. The van der Waals surface area contributed by atoms with Gasteiger partial charge in [-0.25, -0.2) is 0 Å². The van der Waals surface area contributed by atoms with Crippen molar-refractivity contribution in [2.24, 2.45) is 13.0 Å². The molecule has 1 heterocycles. The topological polar surface area (TPSA) is 22.0 Å². The van der Waals surface area contributed by atoms with Gasteiger partial charge in [-0.2, -0.15) is 0 Å². The largest absolute Gasteiger partial charge is 0.350 e. The molecule has 2 nitrogen and oxygen atoms in total. The van der Waals surface area contributed by atoms with Crippen molar-refractivity contribution in [3.63, 3.8) is 0 Å². The molecule has 0 unspecified atom stereocenters. The van der Waals surface area contributed by atoms with Crippen molar-refractivity contribution >= 4 is 17.2 Å². The van der Waals surface area contributed by atoms with Gasteiger partial charge in [0.25, 0.3) is 0 Å². The highest BCUT2D eigenvalue weighted by molar-refractivity contribution is 5.85. The Morgan fingerprint density at radius 3 is 2.68 bits per heavy atom. The van der Waals surface area contributed by atoms with Gasteiger partial charge in [-0.3, -0.25) is 0 Å². The van der Waals surface area contributed by atoms with E-state index in [9.17, 15) is 4.79 Å². The molecule has 1 aromatic carbocycles. The molecule has 2 aromatic rings. The third-order valence-corrected chi connectivity index (χ3v) is 5.54. The second-order valence-corrected chi connectivity index (χ2v) is 7.31. The van der Waals surface area contributed by atoms with Crippen LogP contribution < -0.4 is 0 Å². The maximum atomic E-state index is 11.4. The number of benzene rings is 1. The van der Waals surface area contributed by atoms with E-state index in [4.69, 9.17) is 0 Å². The summed E-state index contributed by atoms with van der Waals surface area (Å²) in [5, 5.41) is 1.31. The Morgan fingerprint density at radius 2 is 1.95 bits per heavy atom. The fourth-order valence-electron chi connectivity index (χ4n) is 4.34. The minimum atomic E-state index is -0.0371. The van der Waals surface area contributed by atoms with Gasteiger partial charge in [0, 0.05) is 36.0 Å². The molecule has 1 saturated carbocycles. The molecule has 3 rings (SSSR count). The number of aldehydes is 1. The second-order valence-electron chi connectivity index (χ2n) is 7.31. The highest BCUT2D eigenvalue weighted by atomic mass is 16.1. The minimum absolute atomic E-state index is 0.0371. The highest BCUT2D eigenvalue weighted by Crippen LogP contribution is 2.42. The number of hydrogen-bond acceptors (Lipinski definition) is 1. The van der Waals surface area contributed by atoms with Crippen molar-refractivity contribution in [2.75, 3.05) is 0 Å². The van der Waals surface area contributed by atoms with E-state index in [1.54, 1.807) is 0 Å². The van der Waals surface area contributed by atoms with Gasteiger partial charge in [-0.05, 0) is 24.0 Å². The summed E-state index contributed by atoms with van der Waals surface area (Å²) in [6, 6.07) is 8.56. The first-order valence-electron chi connectivity index (χ1n) is 8.62. The lowest BCUT2D eigenvalue weighted by molar-refractivity contribution is -0.109. The molecule has 0 saturated heterocycles. The summed E-state index contributed by atoms with van der Waals surface area (Å²) in [5.74, 6) is 0.776. The molecule has 1 atom stereocenters. The first-order valence-corrected chi connectivity index (χ1v) is 8.62. The summed E-state index contributed by atoms with van der Waals surface area (Å²) < 4.78 is 2.20. The molecule has 1 aliphatic rings. The third-order valence-electron chi connectivity index (χ3n) is 5.54. The van der Waals surface area contributed by atoms with Crippen molar-refractivity contribution in [2.45, 2.75) is 57.3 Å². The molecule has 0 spiro atoms. The molecule has 0 radical (unpaired) electrons. The van der Waals surface area contributed by atoms with E-state index >= 15 is 0 Å². The van der Waals surface area contributed by atoms with E-state index < -0.39 is 0 Å². The van der Waals surface area contributed by atoms with Gasteiger partial charge >= 0.3 is 0 Å². The van der Waals surface area contributed by atoms with Crippen LogP contribution in [0, 0.1) is 5.92 Å². The number of carbonyl (C=O) groups is 1. The Labute approximate surface area is 133 Å². The molecule has 2 heteroatoms. The van der Waals surface area contributed by atoms with E-state index in [2.05, 4.69) is 49.0 Å². The van der Waals surface area contributed by atoms with Crippen LogP contribution in [0.1, 0.15) is 57.4 Å². The predicted molar refractivity (Wildman–Crippen MR) is 92.1 cm³/mol. The highest BCUT2D eigenvalue weighted by Gasteiger charge is 2.32. The Hall–Kier alpha value is -1.57. The van der Waals surface area contributed by atoms with Gasteiger partial charge in [0.1, 0.15) is 6.29 Å². The van der Waals surface area contributed by atoms with Gasteiger partial charge < -0.3 is 9.36 Å². The van der Waals surface area contributed by atoms with E-state index in [-0.39, 0.29) is 5.41 Å². The first-order chi connectivity index (χ1) is 10.6. The number of aryl methyl sites for hydroxylation is 1. The molecule has 1 aromatic heterocycles. The molecule has 22 heavy (non-hydrogen) atoms. The molecular weight excluding hydrogens is 270 g/mol. The lowest BCUT2D eigenvalue weighted by Crippen LogP contribution is -2.27. The summed E-state index contributed by atoms with van der Waals surface area (Å²) in [6.07, 6.45) is 11.9. The van der Waals surface area contributed by atoms with E-state index in [0.717, 1.165) is 18.6 Å². The molecule has 0 aliphatic heterocycles. The standard InChI is InChI=1S/C20H27NO/c1-20(12-13-22,14-16-8-4-3-5-9-16)18-15-21(2)19-11-7-6-10-17(18)19/h6-7,10-11,13,15-16H,3-5,8-9,12,14H2,1-2H3/t20-/m1/s1. The van der Waals surface area contributed by atoms with E-state index in [1.807, 2.05) is 0 Å². The SMILES string of the molecule is Cn1cc([C@](C)(CC=O)CC2CCCCC2)c2ccccc21. The van der Waals surface area contributed by atoms with Gasteiger partial charge in [0.2, 0.25) is 0 Å². The average molecular weight is 297 g/mol. The minimum Gasteiger partial charge on any atom is -0.350 e. The van der Waals surface area contributed by atoms with Crippen LogP contribution in [-0.4, -0.2) is 10.9 Å². The van der Waals surface area contributed by atoms with Crippen LogP contribution >= 0.6 is 0 Å². The third kappa shape index (κ3) is 2.84. The maximum absolute atomic E-state index is 11.4. The summed E-state index contributed by atoms with van der Waals surface area (Å²) in [5.41, 5.74) is 2.58. The fourth-order valence-corrected chi connectivity index (χ4v) is 4.34. The van der Waals surface area contributed by atoms with Crippen LogP contribution in [0.25, 0.3) is 10.9 Å². The van der Waals surface area contributed by atoms with Crippen LogP contribution in [0.2, 0.25) is 0 Å². The zero-order valence-corrected chi connectivity index (χ0v) is 13.8. The number of carbonyl (C=O) groups excluding carboxylic acids is 1. The summed E-state index contributed by atoms with van der Waals surface area (Å²) >= 11 is 0. The Kier molecular flexibility index (Phi) is 4.37. The van der Waals surface area contributed by atoms with E-state index in [1.165, 1.54) is 48.6 Å². The van der Waals surface area contributed by atoms with Crippen LogP contribution in [0.5, 0.6) is 0 Å². The van der Waals surface area contributed by atoms with Gasteiger partial charge in [-0.1, -0.05) is 57.2 Å². The van der Waals surface area contributed by atoms with Gasteiger partial charge in [0.05, 0.1) is 0 Å². The Bertz CT molecular complexity index is 651. The number of para-hydroxylation sites is 1. The van der Waals surface area contributed by atoms with Crippen LogP contribution in [0.3, 0.4) is 0 Å². The number of fused-ring (bicyclic) bond motifs is 1. The number of nitrogens with zero attached hydrogens (tertiary/aromatic N) is 1. The van der Waals surface area contributed by atoms with Crippen molar-refractivity contribution in [1.29, 1.82) is 0 Å². The zero-order chi connectivity index (χ0) is 15.6. The first kappa shape index (κ1) is 15.3. The Morgan fingerprint density at radius 1 is 1.23 bits per heavy atom. The zero-order valence-electron chi connectivity index (χ0n) is 13.8. The Balaban J connectivity index is 1.99. The second kappa shape index (κ2) is 6.28.